The molecule has 0 saturated heterocycles. The third-order valence-electron chi connectivity index (χ3n) is 2.14. The number of nitrogens with zero attached hydrogens (tertiary/aromatic N) is 1. The Morgan fingerprint density at radius 1 is 1.13 bits per heavy atom. The fraction of sp³-hybridized carbons (Fsp3) is 1.00. The number of hydrogen-bond acceptors (Lipinski definition) is 3. The number of rotatable bonds is 8. The van der Waals surface area contributed by atoms with Crippen LogP contribution in [0.2, 0.25) is 0 Å². The van der Waals surface area contributed by atoms with Gasteiger partial charge in [-0.1, -0.05) is 6.92 Å². The zero-order valence-electron chi connectivity index (χ0n) is 10.2. The summed E-state index contributed by atoms with van der Waals surface area (Å²) >= 11 is 4.46. The highest BCUT2D eigenvalue weighted by molar-refractivity contribution is 7.80. The highest BCUT2D eigenvalue weighted by Gasteiger charge is 2.25. The molecule has 0 amide bonds. The molecule has 0 fully saturated rings. The van der Waals surface area contributed by atoms with E-state index >= 15 is 0 Å². The Kier molecular flexibility index (Phi) is 11.6. The van der Waals surface area contributed by atoms with Gasteiger partial charge in [0.15, 0.2) is 0 Å². The zero-order valence-corrected chi connectivity index (χ0v) is 11.9. The van der Waals surface area contributed by atoms with E-state index in [-0.39, 0.29) is 17.2 Å². The van der Waals surface area contributed by atoms with Crippen molar-refractivity contribution in [2.45, 2.75) is 38.9 Å². The molecule has 5 heteroatoms. The number of hydrogen-bond donors (Lipinski definition) is 1. The summed E-state index contributed by atoms with van der Waals surface area (Å²) < 4.78 is 0. The van der Waals surface area contributed by atoms with Crippen molar-refractivity contribution < 1.29 is 26.9 Å². The van der Waals surface area contributed by atoms with Crippen LogP contribution in [0.15, 0.2) is 0 Å². The zero-order chi connectivity index (χ0) is 11.0. The topological polar surface area (TPSA) is 18.5 Å². The predicted octanol–water partition coefficient (Wildman–Crippen LogP) is -0.561. The summed E-state index contributed by atoms with van der Waals surface area (Å²) in [6.07, 6.45) is 2.09. The van der Waals surface area contributed by atoms with Gasteiger partial charge in [-0.3, -0.25) is 0 Å². The van der Waals surface area contributed by atoms with Gasteiger partial charge in [-0.15, -0.1) is 0 Å². The van der Waals surface area contributed by atoms with Gasteiger partial charge in [0.2, 0.25) is 0 Å². The van der Waals surface area contributed by atoms with E-state index in [4.69, 9.17) is 9.68 Å². The van der Waals surface area contributed by atoms with Crippen LogP contribution in [0.3, 0.4) is 0 Å². The highest BCUT2D eigenvalue weighted by Crippen LogP contribution is 2.13. The molecule has 0 bridgehead atoms. The van der Waals surface area contributed by atoms with Gasteiger partial charge in [0.25, 0.3) is 0 Å². The number of thiol groups is 1. The second-order valence-corrected chi connectivity index (χ2v) is 4.15. The Morgan fingerprint density at radius 2 is 1.60 bits per heavy atom. The van der Waals surface area contributed by atoms with Crippen LogP contribution < -0.4 is 12.4 Å². The molecule has 0 spiro atoms. The summed E-state index contributed by atoms with van der Waals surface area (Å²) in [6, 6.07) is 0. The molecular formula is C10H24ClNO2S. The summed E-state index contributed by atoms with van der Waals surface area (Å²) in [5.74, 6) is 0. The number of quaternary nitrogens is 1. The van der Waals surface area contributed by atoms with E-state index in [9.17, 15) is 0 Å². The first-order valence-corrected chi connectivity index (χ1v) is 5.92. The Morgan fingerprint density at radius 3 is 1.93 bits per heavy atom. The Hall–Kier alpha value is 0.520. The molecule has 0 aromatic heterocycles. The fourth-order valence-electron chi connectivity index (χ4n) is 1.30. The van der Waals surface area contributed by atoms with Crippen LogP contribution in [0.4, 0.5) is 0 Å². The van der Waals surface area contributed by atoms with Crippen molar-refractivity contribution in [3.05, 3.63) is 0 Å². The molecule has 0 aliphatic rings. The lowest BCUT2D eigenvalue weighted by atomic mass is 10.2. The van der Waals surface area contributed by atoms with Gasteiger partial charge in [0.05, 0.1) is 0 Å². The summed E-state index contributed by atoms with van der Waals surface area (Å²) in [5, 5.41) is 0.438. The van der Waals surface area contributed by atoms with Gasteiger partial charge >= 0.3 is 0 Å². The van der Waals surface area contributed by atoms with Crippen molar-refractivity contribution in [1.29, 1.82) is 0 Å². The molecular weight excluding hydrogens is 234 g/mol. The van der Waals surface area contributed by atoms with E-state index < -0.39 is 0 Å². The summed E-state index contributed by atoms with van der Waals surface area (Å²) in [5.41, 5.74) is 0. The molecule has 0 aliphatic carbocycles. The van der Waals surface area contributed by atoms with Crippen LogP contribution in [0.25, 0.3) is 0 Å². The van der Waals surface area contributed by atoms with Crippen molar-refractivity contribution in [1.82, 2.24) is 0 Å². The molecule has 0 N–H and O–H groups in total. The predicted molar refractivity (Wildman–Crippen MR) is 62.0 cm³/mol. The van der Waals surface area contributed by atoms with Gasteiger partial charge in [-0.05, 0) is 25.1 Å². The molecule has 0 aromatic carbocycles. The van der Waals surface area contributed by atoms with Crippen LogP contribution >= 0.6 is 12.6 Å². The molecule has 1 atom stereocenters. The van der Waals surface area contributed by atoms with Crippen molar-refractivity contribution >= 4 is 12.6 Å². The summed E-state index contributed by atoms with van der Waals surface area (Å²) in [4.78, 5) is 11.3. The third kappa shape index (κ3) is 8.34. The van der Waals surface area contributed by atoms with E-state index in [1.807, 2.05) is 20.9 Å². The van der Waals surface area contributed by atoms with Crippen molar-refractivity contribution in [2.24, 2.45) is 0 Å². The molecule has 94 valence electrons. The Bertz CT molecular complexity index is 143. The summed E-state index contributed by atoms with van der Waals surface area (Å²) in [6.45, 7) is 8.29. The molecule has 0 saturated carbocycles. The first kappa shape index (κ1) is 17.9. The molecule has 0 heterocycles. The quantitative estimate of drug-likeness (QED) is 0.357. The normalized spacial score (nSPS) is 13.4. The average molecular weight is 258 g/mol. The third-order valence-corrected chi connectivity index (χ3v) is 2.77. The van der Waals surface area contributed by atoms with E-state index in [1.54, 1.807) is 0 Å². The van der Waals surface area contributed by atoms with Crippen LogP contribution in [0, 0.1) is 0 Å². The van der Waals surface area contributed by atoms with Gasteiger partial charge in [0, 0.05) is 11.7 Å². The second-order valence-electron chi connectivity index (χ2n) is 3.42. The molecule has 1 unspecified atom stereocenters. The first-order chi connectivity index (χ1) is 6.58. The first-order valence-electron chi connectivity index (χ1n) is 5.40. The maximum atomic E-state index is 5.55. The Balaban J connectivity index is 0. The highest BCUT2D eigenvalue weighted by atomic mass is 35.5. The largest absolute Gasteiger partial charge is 1.00 e. The van der Waals surface area contributed by atoms with Crippen LogP contribution in [0.1, 0.15) is 33.6 Å². The van der Waals surface area contributed by atoms with Crippen molar-refractivity contribution in [3.8, 4) is 0 Å². The van der Waals surface area contributed by atoms with E-state index in [2.05, 4.69) is 19.6 Å². The minimum absolute atomic E-state index is 0. The molecule has 0 aromatic rings. The lowest BCUT2D eigenvalue weighted by Gasteiger charge is -2.28. The molecule has 0 rings (SSSR count). The molecule has 0 radical (unpaired) electrons. The van der Waals surface area contributed by atoms with Crippen LogP contribution in [-0.4, -0.2) is 36.9 Å². The number of hydroxylamine groups is 4. The SMILES string of the molecule is CCO[N+](C)(CCC(S)CC)OCC.[Cl-]. The molecule has 3 nitrogen and oxygen atoms in total. The molecule has 0 aliphatic heterocycles. The van der Waals surface area contributed by atoms with Gasteiger partial charge in [-0.25, -0.2) is 0 Å². The number of halogens is 1. The van der Waals surface area contributed by atoms with E-state index in [0.29, 0.717) is 18.5 Å². The summed E-state index contributed by atoms with van der Waals surface area (Å²) in [7, 11) is 1.95. The van der Waals surface area contributed by atoms with Gasteiger partial charge < -0.3 is 12.4 Å². The van der Waals surface area contributed by atoms with Crippen LogP contribution in [-0.2, 0) is 9.68 Å². The fourth-order valence-corrected chi connectivity index (χ4v) is 1.42. The maximum absolute atomic E-state index is 5.55. The monoisotopic (exact) mass is 257 g/mol. The molecule has 15 heavy (non-hydrogen) atoms. The van der Waals surface area contributed by atoms with E-state index in [0.717, 1.165) is 19.4 Å². The van der Waals surface area contributed by atoms with Gasteiger partial charge in [0.1, 0.15) is 26.8 Å². The lowest BCUT2D eigenvalue weighted by Crippen LogP contribution is -3.00. The van der Waals surface area contributed by atoms with E-state index in [1.165, 1.54) is 0 Å². The minimum atomic E-state index is 0. The smallest absolute Gasteiger partial charge is 0.143 e. The van der Waals surface area contributed by atoms with Crippen molar-refractivity contribution in [2.75, 3.05) is 26.8 Å². The average Bonchev–Trinajstić information content (AvgIpc) is 2.15. The Labute approximate surface area is 105 Å². The lowest BCUT2D eigenvalue weighted by molar-refractivity contribution is -1.23. The van der Waals surface area contributed by atoms with Crippen molar-refractivity contribution in [3.63, 3.8) is 0 Å². The second kappa shape index (κ2) is 9.73. The van der Waals surface area contributed by atoms with Crippen LogP contribution in [0.5, 0.6) is 0 Å². The standard InChI is InChI=1S/C10H23NO2S.ClH/c1-5-10(14)8-9-11(4,12-6-2)13-7-3;/h10H,5-9H2,1-4H3;1H. The van der Waals surface area contributed by atoms with Gasteiger partial charge in [-0.2, -0.15) is 22.3 Å². The maximum Gasteiger partial charge on any atom is 0.143 e. The minimum Gasteiger partial charge on any atom is -1.00 e.